The Balaban J connectivity index is 2.12. The van der Waals surface area contributed by atoms with E-state index in [0.717, 1.165) is 5.69 Å². The van der Waals surface area contributed by atoms with Crippen LogP contribution in [0.3, 0.4) is 0 Å². The van der Waals surface area contributed by atoms with Crippen molar-refractivity contribution in [3.8, 4) is 0 Å². The maximum absolute atomic E-state index is 13.2. The van der Waals surface area contributed by atoms with Crippen molar-refractivity contribution in [1.29, 1.82) is 0 Å². The van der Waals surface area contributed by atoms with Crippen molar-refractivity contribution in [2.75, 3.05) is 0 Å². The highest BCUT2D eigenvalue weighted by atomic mass is 35.5. The molecular formula is C12H11ClFNOS. The van der Waals surface area contributed by atoms with Gasteiger partial charge in [0.25, 0.3) is 0 Å². The van der Waals surface area contributed by atoms with Crippen LogP contribution in [0.1, 0.15) is 22.4 Å². The van der Waals surface area contributed by atoms with Crippen molar-refractivity contribution in [2.45, 2.75) is 19.4 Å². The average molecular weight is 272 g/mol. The molecule has 0 amide bonds. The highest BCUT2D eigenvalue weighted by Crippen LogP contribution is 2.23. The number of hydrogen-bond acceptors (Lipinski definition) is 3. The molecule has 0 aliphatic rings. The Morgan fingerprint density at radius 1 is 1.53 bits per heavy atom. The van der Waals surface area contributed by atoms with Crippen molar-refractivity contribution >= 4 is 22.9 Å². The maximum Gasteiger partial charge on any atom is 0.142 e. The van der Waals surface area contributed by atoms with Crippen molar-refractivity contribution in [2.24, 2.45) is 0 Å². The third-order valence-electron chi connectivity index (χ3n) is 2.33. The Bertz CT molecular complexity index is 529. The molecular weight excluding hydrogens is 261 g/mol. The van der Waals surface area contributed by atoms with Crippen LogP contribution in [0.5, 0.6) is 0 Å². The molecule has 0 aliphatic carbocycles. The van der Waals surface area contributed by atoms with Crippen LogP contribution in [0.25, 0.3) is 0 Å². The first-order valence-electron chi connectivity index (χ1n) is 5.10. The number of halogens is 2. The lowest BCUT2D eigenvalue weighted by atomic mass is 10.1. The molecule has 1 aromatic heterocycles. The number of hydrogen-bond donors (Lipinski definition) is 1. The lowest BCUT2D eigenvalue weighted by Gasteiger charge is -2.07. The number of thiazole rings is 1. The number of aliphatic hydroxyl groups is 1. The van der Waals surface area contributed by atoms with E-state index in [9.17, 15) is 9.50 Å². The molecule has 1 unspecified atom stereocenters. The van der Waals surface area contributed by atoms with Crippen LogP contribution < -0.4 is 0 Å². The number of aromatic nitrogens is 1. The first-order chi connectivity index (χ1) is 8.06. The second-order valence-electron chi connectivity index (χ2n) is 3.80. The van der Waals surface area contributed by atoms with Crippen LogP contribution in [0, 0.1) is 12.7 Å². The minimum atomic E-state index is -0.700. The molecule has 17 heavy (non-hydrogen) atoms. The number of rotatable bonds is 3. The van der Waals surface area contributed by atoms with E-state index in [-0.39, 0.29) is 5.02 Å². The molecule has 0 saturated carbocycles. The minimum Gasteiger partial charge on any atom is -0.386 e. The van der Waals surface area contributed by atoms with Gasteiger partial charge in [0.05, 0.1) is 5.02 Å². The Labute approximate surface area is 108 Å². The molecule has 0 saturated heterocycles. The molecule has 0 fully saturated rings. The summed E-state index contributed by atoms with van der Waals surface area (Å²) in [6.07, 6.45) is -0.365. The Kier molecular flexibility index (Phi) is 3.76. The highest BCUT2D eigenvalue weighted by molar-refractivity contribution is 7.09. The smallest absolute Gasteiger partial charge is 0.142 e. The van der Waals surface area contributed by atoms with Crippen LogP contribution in [-0.4, -0.2) is 10.1 Å². The number of aryl methyl sites for hydroxylation is 1. The molecule has 5 heteroatoms. The van der Waals surface area contributed by atoms with Gasteiger partial charge in [0.15, 0.2) is 0 Å². The van der Waals surface area contributed by atoms with Crippen LogP contribution >= 0.6 is 22.9 Å². The van der Waals surface area contributed by atoms with Crippen LogP contribution in [0.4, 0.5) is 4.39 Å². The van der Waals surface area contributed by atoms with E-state index in [2.05, 4.69) is 4.98 Å². The van der Waals surface area contributed by atoms with Gasteiger partial charge < -0.3 is 5.11 Å². The van der Waals surface area contributed by atoms with Crippen LogP contribution in [-0.2, 0) is 6.42 Å². The van der Waals surface area contributed by atoms with E-state index in [1.165, 1.54) is 23.5 Å². The minimum absolute atomic E-state index is 0.0910. The third-order valence-corrected chi connectivity index (χ3v) is 3.71. The van der Waals surface area contributed by atoms with Gasteiger partial charge in [-0.15, -0.1) is 11.3 Å². The summed E-state index contributed by atoms with van der Waals surface area (Å²) in [7, 11) is 0. The summed E-state index contributed by atoms with van der Waals surface area (Å²) in [6.45, 7) is 1.87. The van der Waals surface area contributed by atoms with Gasteiger partial charge in [-0.05, 0) is 24.6 Å². The summed E-state index contributed by atoms with van der Waals surface area (Å²) in [5, 5.41) is 12.6. The summed E-state index contributed by atoms with van der Waals surface area (Å²) in [5.74, 6) is -0.466. The molecule has 2 rings (SSSR count). The first-order valence-corrected chi connectivity index (χ1v) is 6.36. The molecule has 2 aromatic rings. The maximum atomic E-state index is 13.2. The lowest BCUT2D eigenvalue weighted by molar-refractivity contribution is 0.178. The number of aliphatic hydroxyl groups excluding tert-OH is 1. The van der Waals surface area contributed by atoms with Gasteiger partial charge in [0.2, 0.25) is 0 Å². The second kappa shape index (κ2) is 5.12. The van der Waals surface area contributed by atoms with Gasteiger partial charge >= 0.3 is 0 Å². The summed E-state index contributed by atoms with van der Waals surface area (Å²) in [4.78, 5) is 4.20. The third kappa shape index (κ3) is 3.03. The van der Waals surface area contributed by atoms with E-state index in [1.807, 2.05) is 12.3 Å². The molecule has 2 nitrogen and oxygen atoms in total. The van der Waals surface area contributed by atoms with E-state index < -0.39 is 11.9 Å². The van der Waals surface area contributed by atoms with E-state index in [1.54, 1.807) is 6.07 Å². The Morgan fingerprint density at radius 3 is 2.88 bits per heavy atom. The first kappa shape index (κ1) is 12.5. The zero-order valence-corrected chi connectivity index (χ0v) is 10.7. The molecule has 1 heterocycles. The number of nitrogens with zero attached hydrogens (tertiary/aromatic N) is 1. The fraction of sp³-hybridized carbons (Fsp3) is 0.250. The molecule has 1 aromatic carbocycles. The van der Waals surface area contributed by atoms with Gasteiger partial charge in [-0.2, -0.15) is 0 Å². The number of benzene rings is 1. The summed E-state index contributed by atoms with van der Waals surface area (Å²) in [5.41, 5.74) is 1.58. The fourth-order valence-corrected chi connectivity index (χ4v) is 2.40. The predicted octanol–water partition coefficient (Wildman–Crippen LogP) is 3.52. The van der Waals surface area contributed by atoms with Crippen molar-refractivity contribution in [1.82, 2.24) is 4.98 Å². The summed E-state index contributed by atoms with van der Waals surface area (Å²) in [6, 6.07) is 4.53. The molecule has 0 spiro atoms. The monoisotopic (exact) mass is 271 g/mol. The normalized spacial score (nSPS) is 12.7. The summed E-state index contributed by atoms with van der Waals surface area (Å²) < 4.78 is 13.2. The largest absolute Gasteiger partial charge is 0.386 e. The lowest BCUT2D eigenvalue weighted by Crippen LogP contribution is -2.01. The van der Waals surface area contributed by atoms with E-state index >= 15 is 0 Å². The van der Waals surface area contributed by atoms with Crippen LogP contribution in [0.2, 0.25) is 5.02 Å². The van der Waals surface area contributed by atoms with Crippen molar-refractivity contribution in [3.05, 3.63) is 50.7 Å². The zero-order valence-electron chi connectivity index (χ0n) is 9.15. The molecule has 1 N–H and O–H groups in total. The zero-order chi connectivity index (χ0) is 12.4. The topological polar surface area (TPSA) is 33.1 Å². The van der Waals surface area contributed by atoms with E-state index in [0.29, 0.717) is 17.0 Å². The highest BCUT2D eigenvalue weighted by Gasteiger charge is 2.13. The van der Waals surface area contributed by atoms with Crippen molar-refractivity contribution in [3.63, 3.8) is 0 Å². The standard InChI is InChI=1S/C12H11ClFNOS/c1-7-6-17-12(15-7)11(16)5-8-2-3-9(13)10(14)4-8/h2-4,6,11,16H,5H2,1H3. The van der Waals surface area contributed by atoms with Gasteiger partial charge in [0.1, 0.15) is 16.9 Å². The van der Waals surface area contributed by atoms with Gasteiger partial charge in [-0.3, -0.25) is 0 Å². The SMILES string of the molecule is Cc1csc(C(O)Cc2ccc(Cl)c(F)c2)n1. The Hall–Kier alpha value is -0.970. The molecule has 90 valence electrons. The molecule has 0 radical (unpaired) electrons. The van der Waals surface area contributed by atoms with Gasteiger partial charge in [0, 0.05) is 17.5 Å². The van der Waals surface area contributed by atoms with Crippen molar-refractivity contribution < 1.29 is 9.50 Å². The molecule has 0 bridgehead atoms. The Morgan fingerprint density at radius 2 is 2.29 bits per heavy atom. The average Bonchev–Trinajstić information content (AvgIpc) is 2.70. The second-order valence-corrected chi connectivity index (χ2v) is 5.09. The molecule has 0 aliphatic heterocycles. The van der Waals surface area contributed by atoms with Gasteiger partial charge in [-0.25, -0.2) is 9.37 Å². The fourth-order valence-electron chi connectivity index (χ4n) is 1.50. The quantitative estimate of drug-likeness (QED) is 0.927. The molecule has 1 atom stereocenters. The summed E-state index contributed by atoms with van der Waals surface area (Å²) >= 11 is 6.99. The van der Waals surface area contributed by atoms with E-state index in [4.69, 9.17) is 11.6 Å². The predicted molar refractivity (Wildman–Crippen MR) is 66.9 cm³/mol. The van der Waals surface area contributed by atoms with Crippen LogP contribution in [0.15, 0.2) is 23.6 Å². The van der Waals surface area contributed by atoms with Gasteiger partial charge in [-0.1, -0.05) is 17.7 Å².